The molecule has 3 N–H and O–H groups in total. The molecular formula is C15H22N2O2. The lowest BCUT2D eigenvalue weighted by Crippen LogP contribution is -2.52. The second kappa shape index (κ2) is 5.21. The SMILES string of the molecule is CNC1(C(N)=O)CCC(Oc2cc(C)ccc2C)C1. The number of nitrogens with one attached hydrogen (secondary N) is 1. The Labute approximate surface area is 114 Å². The molecule has 4 heteroatoms. The van der Waals surface area contributed by atoms with Crippen molar-refractivity contribution in [2.24, 2.45) is 5.73 Å². The summed E-state index contributed by atoms with van der Waals surface area (Å²) in [5.41, 5.74) is 7.18. The molecule has 0 aromatic heterocycles. The summed E-state index contributed by atoms with van der Waals surface area (Å²) < 4.78 is 6.05. The Morgan fingerprint density at radius 2 is 2.21 bits per heavy atom. The first-order chi connectivity index (χ1) is 8.97. The number of carbonyl (C=O) groups excluding carboxylic acids is 1. The van der Waals surface area contributed by atoms with Crippen LogP contribution in [0.15, 0.2) is 18.2 Å². The van der Waals surface area contributed by atoms with Gasteiger partial charge in [0.15, 0.2) is 0 Å². The Bertz CT molecular complexity index is 487. The van der Waals surface area contributed by atoms with Crippen LogP contribution in [0.2, 0.25) is 0 Å². The van der Waals surface area contributed by atoms with Crippen molar-refractivity contribution >= 4 is 5.91 Å². The van der Waals surface area contributed by atoms with Gasteiger partial charge in [0.1, 0.15) is 17.4 Å². The minimum absolute atomic E-state index is 0.0421. The second-order valence-corrected chi connectivity index (χ2v) is 5.45. The summed E-state index contributed by atoms with van der Waals surface area (Å²) in [5, 5.41) is 3.06. The summed E-state index contributed by atoms with van der Waals surface area (Å²) in [6, 6.07) is 6.16. The van der Waals surface area contributed by atoms with E-state index in [1.165, 1.54) is 5.56 Å². The molecule has 0 heterocycles. The van der Waals surface area contributed by atoms with Crippen LogP contribution < -0.4 is 15.8 Å². The molecule has 0 spiro atoms. The van der Waals surface area contributed by atoms with Crippen molar-refractivity contribution in [3.63, 3.8) is 0 Å². The third kappa shape index (κ3) is 2.73. The molecule has 1 fully saturated rings. The fraction of sp³-hybridized carbons (Fsp3) is 0.533. The molecule has 1 saturated carbocycles. The Kier molecular flexibility index (Phi) is 3.80. The first-order valence-electron chi connectivity index (χ1n) is 6.69. The first kappa shape index (κ1) is 13.9. The average Bonchev–Trinajstić information content (AvgIpc) is 2.79. The van der Waals surface area contributed by atoms with Gasteiger partial charge in [-0.3, -0.25) is 4.79 Å². The molecule has 1 aliphatic rings. The molecule has 0 saturated heterocycles. The monoisotopic (exact) mass is 262 g/mol. The van der Waals surface area contributed by atoms with E-state index in [0.717, 1.165) is 24.2 Å². The maximum absolute atomic E-state index is 11.6. The predicted octanol–water partition coefficient (Wildman–Crippen LogP) is 1.68. The first-order valence-corrected chi connectivity index (χ1v) is 6.69. The molecule has 1 aliphatic carbocycles. The Morgan fingerprint density at radius 3 is 2.79 bits per heavy atom. The summed E-state index contributed by atoms with van der Waals surface area (Å²) in [6.07, 6.45) is 2.25. The van der Waals surface area contributed by atoms with Gasteiger partial charge in [-0.2, -0.15) is 0 Å². The number of hydrogen-bond donors (Lipinski definition) is 2. The van der Waals surface area contributed by atoms with Gasteiger partial charge in [-0.25, -0.2) is 0 Å². The van der Waals surface area contributed by atoms with E-state index in [1.54, 1.807) is 7.05 Å². The molecule has 1 aromatic rings. The van der Waals surface area contributed by atoms with Crippen molar-refractivity contribution in [3.8, 4) is 5.75 Å². The number of aryl methyl sites for hydroxylation is 2. The van der Waals surface area contributed by atoms with Gasteiger partial charge in [0.25, 0.3) is 0 Å². The summed E-state index contributed by atoms with van der Waals surface area (Å²) in [7, 11) is 1.78. The molecule has 1 aromatic carbocycles. The Hall–Kier alpha value is -1.55. The van der Waals surface area contributed by atoms with E-state index in [1.807, 2.05) is 19.9 Å². The zero-order valence-electron chi connectivity index (χ0n) is 11.8. The summed E-state index contributed by atoms with van der Waals surface area (Å²) in [6.45, 7) is 4.07. The van der Waals surface area contributed by atoms with Crippen LogP contribution in [0.1, 0.15) is 30.4 Å². The highest BCUT2D eigenvalue weighted by Crippen LogP contribution is 2.33. The van der Waals surface area contributed by atoms with E-state index in [4.69, 9.17) is 10.5 Å². The Morgan fingerprint density at radius 1 is 1.47 bits per heavy atom. The van der Waals surface area contributed by atoms with Crippen LogP contribution in [-0.4, -0.2) is 24.6 Å². The fourth-order valence-electron chi connectivity index (χ4n) is 2.69. The van der Waals surface area contributed by atoms with Crippen LogP contribution in [0.5, 0.6) is 5.75 Å². The van der Waals surface area contributed by atoms with E-state index >= 15 is 0 Å². The van der Waals surface area contributed by atoms with Gasteiger partial charge in [0.2, 0.25) is 5.91 Å². The quantitative estimate of drug-likeness (QED) is 0.867. The maximum atomic E-state index is 11.6. The normalized spacial score (nSPS) is 26.4. The average molecular weight is 262 g/mol. The molecule has 0 bridgehead atoms. The lowest BCUT2D eigenvalue weighted by Gasteiger charge is -2.25. The van der Waals surface area contributed by atoms with Gasteiger partial charge in [-0.05, 0) is 50.9 Å². The number of benzene rings is 1. The second-order valence-electron chi connectivity index (χ2n) is 5.45. The van der Waals surface area contributed by atoms with E-state index in [0.29, 0.717) is 6.42 Å². The topological polar surface area (TPSA) is 64.3 Å². The van der Waals surface area contributed by atoms with Crippen LogP contribution in [0.3, 0.4) is 0 Å². The molecule has 1 amide bonds. The maximum Gasteiger partial charge on any atom is 0.237 e. The summed E-state index contributed by atoms with van der Waals surface area (Å²) in [4.78, 5) is 11.6. The highest BCUT2D eigenvalue weighted by atomic mass is 16.5. The van der Waals surface area contributed by atoms with E-state index < -0.39 is 5.54 Å². The van der Waals surface area contributed by atoms with Crippen molar-refractivity contribution in [2.45, 2.75) is 44.8 Å². The third-order valence-electron chi connectivity index (χ3n) is 4.06. The zero-order valence-corrected chi connectivity index (χ0v) is 11.8. The number of primary amides is 1. The smallest absolute Gasteiger partial charge is 0.237 e. The standard InChI is InChI=1S/C15H22N2O2/c1-10-4-5-11(2)13(8-10)19-12-6-7-15(9-12,17-3)14(16)18/h4-5,8,12,17H,6-7,9H2,1-3H3,(H2,16,18). The van der Waals surface area contributed by atoms with Crippen molar-refractivity contribution in [1.29, 1.82) is 0 Å². The number of rotatable bonds is 4. The van der Waals surface area contributed by atoms with Crippen molar-refractivity contribution < 1.29 is 9.53 Å². The summed E-state index contributed by atoms with van der Waals surface area (Å²) in [5.74, 6) is 0.614. The molecule has 104 valence electrons. The van der Waals surface area contributed by atoms with E-state index in [2.05, 4.69) is 17.4 Å². The molecule has 2 unspecified atom stereocenters. The lowest BCUT2D eigenvalue weighted by atomic mass is 9.97. The van der Waals surface area contributed by atoms with Gasteiger partial charge in [0, 0.05) is 6.42 Å². The summed E-state index contributed by atoms with van der Waals surface area (Å²) >= 11 is 0. The van der Waals surface area contributed by atoms with Crippen LogP contribution >= 0.6 is 0 Å². The molecule has 2 rings (SSSR count). The molecular weight excluding hydrogens is 240 g/mol. The minimum Gasteiger partial charge on any atom is -0.490 e. The number of ether oxygens (including phenoxy) is 1. The predicted molar refractivity (Wildman–Crippen MR) is 75.2 cm³/mol. The largest absolute Gasteiger partial charge is 0.490 e. The van der Waals surface area contributed by atoms with Crippen LogP contribution in [0.25, 0.3) is 0 Å². The molecule has 2 atom stereocenters. The van der Waals surface area contributed by atoms with Gasteiger partial charge in [-0.1, -0.05) is 12.1 Å². The number of amides is 1. The number of nitrogens with two attached hydrogens (primary N) is 1. The van der Waals surface area contributed by atoms with Crippen molar-refractivity contribution in [3.05, 3.63) is 29.3 Å². The lowest BCUT2D eigenvalue weighted by molar-refractivity contribution is -0.124. The fourth-order valence-corrected chi connectivity index (χ4v) is 2.69. The van der Waals surface area contributed by atoms with Crippen molar-refractivity contribution in [1.82, 2.24) is 5.32 Å². The zero-order chi connectivity index (χ0) is 14.0. The van der Waals surface area contributed by atoms with Gasteiger partial charge in [-0.15, -0.1) is 0 Å². The van der Waals surface area contributed by atoms with Crippen molar-refractivity contribution in [2.75, 3.05) is 7.05 Å². The van der Waals surface area contributed by atoms with Gasteiger partial charge < -0.3 is 15.8 Å². The molecule has 19 heavy (non-hydrogen) atoms. The van der Waals surface area contributed by atoms with E-state index in [-0.39, 0.29) is 12.0 Å². The van der Waals surface area contributed by atoms with Gasteiger partial charge >= 0.3 is 0 Å². The number of carbonyl (C=O) groups is 1. The van der Waals surface area contributed by atoms with Crippen LogP contribution in [0, 0.1) is 13.8 Å². The minimum atomic E-state index is -0.609. The molecule has 0 aliphatic heterocycles. The highest BCUT2D eigenvalue weighted by molar-refractivity contribution is 5.85. The Balaban J connectivity index is 2.10. The number of likely N-dealkylation sites (N-methyl/N-ethyl adjacent to an activating group) is 1. The van der Waals surface area contributed by atoms with E-state index in [9.17, 15) is 4.79 Å². The molecule has 0 radical (unpaired) electrons. The molecule has 4 nitrogen and oxygen atoms in total. The highest BCUT2D eigenvalue weighted by Gasteiger charge is 2.43. The third-order valence-corrected chi connectivity index (χ3v) is 4.06. The van der Waals surface area contributed by atoms with Gasteiger partial charge in [0.05, 0.1) is 0 Å². The van der Waals surface area contributed by atoms with Crippen LogP contribution in [-0.2, 0) is 4.79 Å². The van der Waals surface area contributed by atoms with Crippen LogP contribution in [0.4, 0.5) is 0 Å². The number of hydrogen-bond acceptors (Lipinski definition) is 3.